The molecule has 18 N–H and O–H groups in total. The van der Waals surface area contributed by atoms with E-state index in [-0.39, 0.29) is 75.5 Å². The maximum Gasteiger partial charge on any atom is 0.243 e. The number of phenols is 2. The van der Waals surface area contributed by atoms with Crippen molar-refractivity contribution in [1.82, 2.24) is 47.4 Å². The van der Waals surface area contributed by atoms with Crippen LogP contribution in [0.5, 0.6) is 11.5 Å². The summed E-state index contributed by atoms with van der Waals surface area (Å²) in [5, 5.41) is 40.6. The van der Waals surface area contributed by atoms with Gasteiger partial charge in [-0.1, -0.05) is 113 Å². The van der Waals surface area contributed by atoms with Crippen molar-refractivity contribution in [3.05, 3.63) is 131 Å². The summed E-state index contributed by atoms with van der Waals surface area (Å²) in [6.45, 7) is 7.46. The van der Waals surface area contributed by atoms with Crippen LogP contribution in [0, 0.1) is 11.8 Å². The number of benzene rings is 4. The highest BCUT2D eigenvalue weighted by Crippen LogP contribution is 2.21. The summed E-state index contributed by atoms with van der Waals surface area (Å²) < 4.78 is 0. The first-order chi connectivity index (χ1) is 45.1. The molecule has 4 aromatic rings. The highest BCUT2D eigenvalue weighted by molar-refractivity contribution is 7.96. The molecule has 28 heteroatoms. The molecule has 0 spiro atoms. The summed E-state index contributed by atoms with van der Waals surface area (Å²) in [6, 6.07) is 15.2. The molecule has 514 valence electrons. The topological polar surface area (TPSA) is 449 Å². The Morgan fingerprint density at radius 2 is 0.926 bits per heavy atom. The minimum absolute atomic E-state index is 0.00749. The van der Waals surface area contributed by atoms with Crippen molar-refractivity contribution in [2.45, 2.75) is 172 Å². The number of nitrogens with two attached hydrogens (primary N) is 4. The van der Waals surface area contributed by atoms with E-state index in [1.165, 1.54) is 53.4 Å². The lowest BCUT2D eigenvalue weighted by atomic mass is 9.99. The lowest BCUT2D eigenvalue weighted by molar-refractivity contribution is -0.140. The molecule has 1 saturated heterocycles. The molecule has 1 aliphatic heterocycles. The van der Waals surface area contributed by atoms with E-state index < -0.39 is 156 Å². The number of carbonyl (C=O) groups is 12. The SMILES string of the molecule is CC(C)C[C@H](NC(=O)[C@H](CCCCN)NC(=O)[C@@H](NC(=O)[C@H](Cc1ccc(O)cc1)NC(=O)[C@H](CCC(N)=O)NC(=O)[C@H](CC(N)=O)NC(=O)[C@H](Cc1ccc(O)cc1)NC(=O)[C@H](Cc1ccccc1)NC(=O)[C@@H]1CCCN1C(=O)[C@H](N)Cc1ccccc1)C(C)C)C(=O)S. The number of unbranched alkanes of at least 4 members (excludes halogenated alkanes) is 1. The first-order valence-electron chi connectivity index (χ1n) is 31.7. The van der Waals surface area contributed by atoms with Crippen LogP contribution in [0.1, 0.15) is 108 Å². The fourth-order valence-corrected chi connectivity index (χ4v) is 11.0. The Morgan fingerprint density at radius 3 is 1.40 bits per heavy atom. The minimum Gasteiger partial charge on any atom is -0.508 e. The van der Waals surface area contributed by atoms with Crippen molar-refractivity contribution >= 4 is 82.7 Å². The number of carbonyl (C=O) groups excluding carboxylic acids is 12. The van der Waals surface area contributed by atoms with Crippen molar-refractivity contribution in [2.75, 3.05) is 13.1 Å². The Hall–Kier alpha value is -9.41. The van der Waals surface area contributed by atoms with Crippen molar-refractivity contribution < 1.29 is 67.7 Å². The fourth-order valence-electron chi connectivity index (χ4n) is 10.8. The van der Waals surface area contributed by atoms with E-state index >= 15 is 0 Å². The molecule has 1 heterocycles. The predicted molar refractivity (Wildman–Crippen MR) is 356 cm³/mol. The number of nitrogens with zero attached hydrogens (tertiary/aromatic N) is 1. The van der Waals surface area contributed by atoms with Gasteiger partial charge in [0.05, 0.1) is 18.5 Å². The van der Waals surface area contributed by atoms with Crippen LogP contribution in [0.2, 0.25) is 0 Å². The first-order valence-corrected chi connectivity index (χ1v) is 32.2. The Kier molecular flexibility index (Phi) is 30.6. The molecule has 0 bridgehead atoms. The van der Waals surface area contributed by atoms with Gasteiger partial charge in [0, 0.05) is 32.2 Å². The molecule has 95 heavy (non-hydrogen) atoms. The van der Waals surface area contributed by atoms with Gasteiger partial charge >= 0.3 is 0 Å². The molecule has 10 atom stereocenters. The number of thiol groups is 1. The highest BCUT2D eigenvalue weighted by atomic mass is 32.1. The normalized spacial score (nSPS) is 15.6. The average molecular weight is 1330 g/mol. The Bertz CT molecular complexity index is 3270. The number of aromatic hydroxyl groups is 2. The van der Waals surface area contributed by atoms with E-state index in [2.05, 4.69) is 55.2 Å². The quantitative estimate of drug-likeness (QED) is 0.0207. The summed E-state index contributed by atoms with van der Waals surface area (Å²) in [4.78, 5) is 168. The van der Waals surface area contributed by atoms with Crippen LogP contribution in [0.15, 0.2) is 109 Å². The van der Waals surface area contributed by atoms with E-state index in [0.717, 1.165) is 5.56 Å². The number of rotatable bonds is 38. The third kappa shape index (κ3) is 25.4. The number of hydrogen-bond acceptors (Lipinski definition) is 16. The second-order valence-electron chi connectivity index (χ2n) is 24.5. The van der Waals surface area contributed by atoms with E-state index in [1.807, 2.05) is 44.2 Å². The fraction of sp³-hybridized carbons (Fsp3) is 0.463. The zero-order valence-electron chi connectivity index (χ0n) is 53.9. The lowest BCUT2D eigenvalue weighted by Crippen LogP contribution is -2.61. The average Bonchev–Trinajstić information content (AvgIpc) is 1.82. The van der Waals surface area contributed by atoms with Gasteiger partial charge in [-0.15, -0.1) is 12.6 Å². The number of hydrogen-bond donors (Lipinski definition) is 15. The van der Waals surface area contributed by atoms with Crippen LogP contribution in [-0.2, 0) is 83.2 Å². The van der Waals surface area contributed by atoms with Gasteiger partial charge in [-0.3, -0.25) is 57.5 Å². The van der Waals surface area contributed by atoms with E-state index in [4.69, 9.17) is 22.9 Å². The van der Waals surface area contributed by atoms with Gasteiger partial charge < -0.3 is 80.6 Å². The van der Waals surface area contributed by atoms with E-state index in [9.17, 15) is 67.7 Å². The summed E-state index contributed by atoms with van der Waals surface area (Å²) in [7, 11) is 0. The molecule has 0 saturated carbocycles. The van der Waals surface area contributed by atoms with Crippen molar-refractivity contribution in [3.63, 3.8) is 0 Å². The maximum atomic E-state index is 14.7. The molecular weight excluding hydrogens is 1240 g/mol. The molecule has 1 fully saturated rings. The predicted octanol–water partition coefficient (Wildman–Crippen LogP) is -0.00650. The summed E-state index contributed by atoms with van der Waals surface area (Å²) in [6.07, 6.45) is -0.460. The van der Waals surface area contributed by atoms with Crippen LogP contribution in [0.3, 0.4) is 0 Å². The molecule has 5 rings (SSSR count). The summed E-state index contributed by atoms with van der Waals surface area (Å²) in [5.41, 5.74) is 25.5. The standard InChI is InChI=1S/C67H91N13O14S/c1-38(2)32-53(67(94)95)78-58(85)47(18-11-12-30-68)73-65(92)57(39(3)4)79-63(90)51(36-43-22-26-45(82)27-23-43)74-59(86)48(28-29-55(70)83)72-62(89)52(37-56(71)84)76-60(87)49(35-42-20-24-44(81)25-21-42)75-61(88)50(34-41-16-9-6-10-17-41)77-64(91)54-19-13-31-80(54)66(93)46(69)33-40-14-7-5-8-15-40/h5-10,14-17,20-27,38-39,46-54,57,81-82H,11-13,18-19,28-37,68-69H2,1-4H3,(H2,70,83)(H2,71,84)(H,72,89)(H,73,92)(H,74,86)(H,75,88)(H,76,87)(H,77,91)(H,78,85)(H,79,90)(H,94,95)/t46-,47+,48+,49+,50+,51+,52+,53+,54+,57+/m1/s1. The molecule has 0 unspecified atom stereocenters. The molecule has 0 aromatic heterocycles. The minimum atomic E-state index is -1.90. The van der Waals surface area contributed by atoms with Gasteiger partial charge in [0.25, 0.3) is 0 Å². The first kappa shape index (κ1) is 76.3. The molecule has 27 nitrogen and oxygen atoms in total. The molecule has 11 amide bonds. The largest absolute Gasteiger partial charge is 0.508 e. The van der Waals surface area contributed by atoms with E-state index in [0.29, 0.717) is 36.0 Å². The second kappa shape index (κ2) is 38.1. The Labute approximate surface area is 557 Å². The van der Waals surface area contributed by atoms with Gasteiger partial charge in [-0.2, -0.15) is 0 Å². The maximum absolute atomic E-state index is 14.7. The molecule has 4 aromatic carbocycles. The number of primary amides is 2. The Morgan fingerprint density at radius 1 is 0.505 bits per heavy atom. The van der Waals surface area contributed by atoms with Gasteiger partial charge in [0.15, 0.2) is 0 Å². The van der Waals surface area contributed by atoms with Gasteiger partial charge in [0.1, 0.15) is 59.8 Å². The third-order valence-corrected chi connectivity index (χ3v) is 16.2. The second-order valence-corrected chi connectivity index (χ2v) is 24.9. The monoisotopic (exact) mass is 1330 g/mol. The number of likely N-dealkylation sites (tertiary alicyclic amines) is 1. The number of phenolic OH excluding ortho intramolecular Hbond substituents is 2. The molecule has 0 radical (unpaired) electrons. The van der Waals surface area contributed by atoms with Gasteiger partial charge in [0.2, 0.25) is 70.1 Å². The highest BCUT2D eigenvalue weighted by Gasteiger charge is 2.40. The van der Waals surface area contributed by atoms with Crippen LogP contribution in [-0.4, -0.2) is 159 Å². The lowest BCUT2D eigenvalue weighted by Gasteiger charge is -2.29. The molecular formula is C67H91N13O14S. The van der Waals surface area contributed by atoms with Crippen LogP contribution < -0.4 is 65.5 Å². The van der Waals surface area contributed by atoms with Crippen molar-refractivity contribution in [3.8, 4) is 11.5 Å². The van der Waals surface area contributed by atoms with Gasteiger partial charge in [-0.05, 0) is 116 Å². The van der Waals surface area contributed by atoms with Gasteiger partial charge in [-0.25, -0.2) is 0 Å². The third-order valence-electron chi connectivity index (χ3n) is 15.9. The zero-order chi connectivity index (χ0) is 69.9. The van der Waals surface area contributed by atoms with Crippen molar-refractivity contribution in [1.29, 1.82) is 0 Å². The Balaban J connectivity index is 1.41. The van der Waals surface area contributed by atoms with Crippen LogP contribution in [0.25, 0.3) is 0 Å². The van der Waals surface area contributed by atoms with Crippen molar-refractivity contribution in [2.24, 2.45) is 34.8 Å². The van der Waals surface area contributed by atoms with Crippen LogP contribution >= 0.6 is 12.6 Å². The zero-order valence-corrected chi connectivity index (χ0v) is 54.8. The van der Waals surface area contributed by atoms with Crippen LogP contribution in [0.4, 0.5) is 0 Å². The molecule has 1 aliphatic rings. The number of nitrogens with one attached hydrogen (secondary N) is 8. The summed E-state index contributed by atoms with van der Waals surface area (Å²) >= 11 is 3.95. The number of amides is 11. The summed E-state index contributed by atoms with van der Waals surface area (Å²) in [5.74, 6) is -10.8. The smallest absolute Gasteiger partial charge is 0.243 e. The van der Waals surface area contributed by atoms with E-state index in [1.54, 1.807) is 44.2 Å². The molecule has 0 aliphatic carbocycles.